The monoisotopic (exact) mass is 828 g/mol. The molecule has 2 heteroatoms. The van der Waals surface area contributed by atoms with E-state index in [0.717, 1.165) is 24.2 Å². The quantitative estimate of drug-likeness (QED) is 0.127. The molecule has 0 spiro atoms. The summed E-state index contributed by atoms with van der Waals surface area (Å²) in [6.45, 7) is 17.9. The second-order valence-electron chi connectivity index (χ2n) is 17.8. The van der Waals surface area contributed by atoms with Crippen LogP contribution in [0.4, 0.5) is 34.1 Å². The number of benzene rings is 10. The molecule has 0 N–H and O–H groups in total. The zero-order chi connectivity index (χ0) is 44.2. The predicted molar refractivity (Wildman–Crippen MR) is 278 cm³/mol. The van der Waals surface area contributed by atoms with E-state index in [-0.39, 0.29) is 0 Å². The van der Waals surface area contributed by atoms with Crippen molar-refractivity contribution in [3.05, 3.63) is 214 Å². The first-order chi connectivity index (χ1) is 31.1. The maximum absolute atomic E-state index is 2.52. The largest absolute Gasteiger partial charge is 0.310 e. The van der Waals surface area contributed by atoms with Gasteiger partial charge in [0, 0.05) is 33.5 Å². The summed E-state index contributed by atoms with van der Waals surface area (Å²) in [5.74, 6) is 0. The molecule has 0 radical (unpaired) electrons. The molecule has 10 rings (SSSR count). The Morgan fingerprint density at radius 2 is 0.703 bits per heavy atom. The van der Waals surface area contributed by atoms with Gasteiger partial charge in [-0.1, -0.05) is 135 Å². The molecule has 10 aromatic rings. The van der Waals surface area contributed by atoms with Crippen molar-refractivity contribution in [1.29, 1.82) is 0 Å². The molecule has 0 aliphatic heterocycles. The third kappa shape index (κ3) is 6.99. The van der Waals surface area contributed by atoms with Gasteiger partial charge in [0.15, 0.2) is 0 Å². The highest BCUT2D eigenvalue weighted by atomic mass is 15.2. The van der Waals surface area contributed by atoms with Gasteiger partial charge in [0.25, 0.3) is 0 Å². The van der Waals surface area contributed by atoms with E-state index in [1.165, 1.54) is 122 Å². The van der Waals surface area contributed by atoms with Gasteiger partial charge in [-0.2, -0.15) is 0 Å². The molecule has 0 fully saturated rings. The summed E-state index contributed by atoms with van der Waals surface area (Å²) < 4.78 is 0. The lowest BCUT2D eigenvalue weighted by atomic mass is 9.91. The molecule has 0 atom stereocenters. The van der Waals surface area contributed by atoms with E-state index in [2.05, 4.69) is 235 Å². The molecule has 314 valence electrons. The lowest BCUT2D eigenvalue weighted by molar-refractivity contribution is 1.13. The van der Waals surface area contributed by atoms with E-state index in [9.17, 15) is 0 Å². The highest BCUT2D eigenvalue weighted by molar-refractivity contribution is 6.28. The minimum Gasteiger partial charge on any atom is -0.310 e. The van der Waals surface area contributed by atoms with Gasteiger partial charge in [0.2, 0.25) is 0 Å². The summed E-state index contributed by atoms with van der Waals surface area (Å²) >= 11 is 0. The Morgan fingerprint density at radius 1 is 0.328 bits per heavy atom. The van der Waals surface area contributed by atoms with Gasteiger partial charge in [0.05, 0.1) is 11.4 Å². The Morgan fingerprint density at radius 3 is 1.09 bits per heavy atom. The van der Waals surface area contributed by atoms with Crippen molar-refractivity contribution < 1.29 is 0 Å². The number of nitrogens with zero attached hydrogens (tertiary/aromatic N) is 2. The summed E-state index contributed by atoms with van der Waals surface area (Å²) in [5.41, 5.74) is 22.4. The Hall–Kier alpha value is -7.16. The Balaban J connectivity index is 1.23. The Labute approximate surface area is 379 Å². The van der Waals surface area contributed by atoms with Crippen LogP contribution in [0.3, 0.4) is 0 Å². The maximum atomic E-state index is 2.52. The van der Waals surface area contributed by atoms with Gasteiger partial charge in [-0.15, -0.1) is 0 Å². The zero-order valence-electron chi connectivity index (χ0n) is 38.5. The normalized spacial score (nSPS) is 11.6. The van der Waals surface area contributed by atoms with Gasteiger partial charge in [-0.05, 0) is 191 Å². The Kier molecular flexibility index (Phi) is 10.6. The van der Waals surface area contributed by atoms with Crippen LogP contribution in [0.2, 0.25) is 0 Å². The summed E-state index contributed by atoms with van der Waals surface area (Å²) in [5, 5.41) is 7.53. The third-order valence-corrected chi connectivity index (χ3v) is 13.7. The lowest BCUT2D eigenvalue weighted by Crippen LogP contribution is -2.13. The third-order valence-electron chi connectivity index (χ3n) is 13.7. The van der Waals surface area contributed by atoms with E-state index in [0.29, 0.717) is 0 Å². The lowest BCUT2D eigenvalue weighted by Gasteiger charge is -2.31. The van der Waals surface area contributed by atoms with Gasteiger partial charge in [-0.3, -0.25) is 0 Å². The van der Waals surface area contributed by atoms with Crippen molar-refractivity contribution in [3.63, 3.8) is 0 Å². The van der Waals surface area contributed by atoms with Gasteiger partial charge in [0.1, 0.15) is 0 Å². The summed E-state index contributed by atoms with van der Waals surface area (Å²) in [6, 6.07) is 64.2. The van der Waals surface area contributed by atoms with Crippen LogP contribution in [0.1, 0.15) is 58.4 Å². The average Bonchev–Trinajstić information content (AvgIpc) is 3.31. The fourth-order valence-corrected chi connectivity index (χ4v) is 10.4. The fraction of sp³-hybridized carbons (Fsp3) is 0.161. The first-order valence-corrected chi connectivity index (χ1v) is 23.0. The van der Waals surface area contributed by atoms with Crippen molar-refractivity contribution in [3.8, 4) is 22.3 Å². The fourth-order valence-electron chi connectivity index (χ4n) is 10.4. The minimum atomic E-state index is 0.967. The van der Waals surface area contributed by atoms with Crippen LogP contribution < -0.4 is 9.80 Å². The molecule has 0 saturated carbocycles. The van der Waals surface area contributed by atoms with Crippen molar-refractivity contribution in [2.24, 2.45) is 0 Å². The van der Waals surface area contributed by atoms with E-state index in [1.807, 2.05) is 0 Å². The zero-order valence-corrected chi connectivity index (χ0v) is 38.5. The van der Waals surface area contributed by atoms with E-state index >= 15 is 0 Å². The molecule has 0 bridgehead atoms. The highest BCUT2D eigenvalue weighted by Crippen LogP contribution is 2.49. The SMILES string of the molecule is CCc1cccc(N(c2cc(-c3c(C)cccc3C)ccc2C)c2ccc3ccc4c(N(c5cccc(CC)c5)c5cc(-c6c(C)cccc6C)ccc5C)ccc5ccc2c3c54)c1. The van der Waals surface area contributed by atoms with Crippen LogP contribution >= 0.6 is 0 Å². The molecule has 0 saturated heterocycles. The topological polar surface area (TPSA) is 6.48 Å². The first kappa shape index (κ1) is 40.9. The summed E-state index contributed by atoms with van der Waals surface area (Å²) in [7, 11) is 0. The first-order valence-electron chi connectivity index (χ1n) is 23.0. The second kappa shape index (κ2) is 16.5. The van der Waals surface area contributed by atoms with Gasteiger partial charge < -0.3 is 9.80 Å². The second-order valence-corrected chi connectivity index (χ2v) is 17.8. The number of hydrogen-bond donors (Lipinski definition) is 0. The molecule has 64 heavy (non-hydrogen) atoms. The average molecular weight is 829 g/mol. The van der Waals surface area contributed by atoms with Crippen LogP contribution in [0.25, 0.3) is 54.6 Å². The van der Waals surface area contributed by atoms with E-state index in [4.69, 9.17) is 0 Å². The summed E-state index contributed by atoms with van der Waals surface area (Å²) in [6.07, 6.45) is 1.93. The molecular weight excluding hydrogens is 773 g/mol. The summed E-state index contributed by atoms with van der Waals surface area (Å²) in [4.78, 5) is 5.03. The minimum absolute atomic E-state index is 0.967. The highest BCUT2D eigenvalue weighted by Gasteiger charge is 2.24. The van der Waals surface area contributed by atoms with Crippen molar-refractivity contribution in [2.75, 3.05) is 9.80 Å². The van der Waals surface area contributed by atoms with Crippen LogP contribution in [0.5, 0.6) is 0 Å². The molecule has 0 aliphatic carbocycles. The standard InChI is InChI=1S/C62H56N2/c1-9-45-19-13-21-51(35-45)63(57-37-49(25-23-39(57)3)59-41(5)15-11-16-42(59)6)55-33-29-47-28-32-54-56(34-30-48-27-31-53(55)61(47)62(48)54)64(52-22-14-20-46(10-2)36-52)58-38-50(26-24-40(58)4)60-43(7)17-12-18-44(60)8/h11-38H,9-10H2,1-8H3. The van der Waals surface area contributed by atoms with Gasteiger partial charge in [-0.25, -0.2) is 0 Å². The van der Waals surface area contributed by atoms with Crippen molar-refractivity contribution in [1.82, 2.24) is 0 Å². The molecule has 10 aromatic carbocycles. The predicted octanol–water partition coefficient (Wildman–Crippen LogP) is 17.8. The van der Waals surface area contributed by atoms with Crippen molar-refractivity contribution >= 4 is 66.4 Å². The maximum Gasteiger partial charge on any atom is 0.0540 e. The molecule has 0 aromatic heterocycles. The van der Waals surface area contributed by atoms with E-state index < -0.39 is 0 Å². The van der Waals surface area contributed by atoms with Crippen LogP contribution in [-0.4, -0.2) is 0 Å². The van der Waals surface area contributed by atoms with E-state index in [1.54, 1.807) is 0 Å². The smallest absolute Gasteiger partial charge is 0.0540 e. The van der Waals surface area contributed by atoms with Crippen LogP contribution in [-0.2, 0) is 12.8 Å². The van der Waals surface area contributed by atoms with Crippen molar-refractivity contribution in [2.45, 2.75) is 68.2 Å². The molecular formula is C62H56N2. The number of hydrogen-bond acceptors (Lipinski definition) is 2. The molecule has 0 unspecified atom stereocenters. The van der Waals surface area contributed by atoms with Gasteiger partial charge >= 0.3 is 0 Å². The molecule has 0 amide bonds. The van der Waals surface area contributed by atoms with Crippen LogP contribution in [0.15, 0.2) is 170 Å². The molecule has 0 aliphatic rings. The number of aryl methyl sites for hydroxylation is 8. The number of rotatable bonds is 10. The molecule has 2 nitrogen and oxygen atoms in total. The Bertz CT molecular complexity index is 3120. The van der Waals surface area contributed by atoms with Crippen LogP contribution in [0, 0.1) is 41.5 Å². The molecule has 0 heterocycles. The number of anilines is 6.